The van der Waals surface area contributed by atoms with Gasteiger partial charge in [-0.05, 0) is 36.8 Å². The lowest BCUT2D eigenvalue weighted by Gasteiger charge is -2.16. The first-order valence-electron chi connectivity index (χ1n) is 5.68. The number of nitrogens with one attached hydrogen (secondary N) is 1. The Hall–Kier alpha value is -2.17. The maximum atomic E-state index is 13.5. The quantitative estimate of drug-likeness (QED) is 0.824. The number of rotatable bonds is 3. The predicted octanol–water partition coefficient (Wildman–Crippen LogP) is 3.98. The van der Waals surface area contributed by atoms with E-state index in [0.717, 1.165) is 12.1 Å². The third kappa shape index (κ3) is 2.81. The van der Waals surface area contributed by atoms with Crippen LogP contribution in [0.15, 0.2) is 36.4 Å². The highest BCUT2D eigenvalue weighted by molar-refractivity contribution is 5.47. The Labute approximate surface area is 108 Å². The molecule has 5 heteroatoms. The van der Waals surface area contributed by atoms with Crippen molar-refractivity contribution in [2.45, 2.75) is 13.0 Å². The minimum absolute atomic E-state index is 0.0805. The molecule has 0 aliphatic heterocycles. The van der Waals surface area contributed by atoms with Gasteiger partial charge in [-0.3, -0.25) is 0 Å². The molecule has 0 saturated carbocycles. The Morgan fingerprint density at radius 2 is 1.79 bits per heavy atom. The summed E-state index contributed by atoms with van der Waals surface area (Å²) in [6.45, 7) is 1.72. The van der Waals surface area contributed by atoms with Crippen LogP contribution >= 0.6 is 0 Å². The summed E-state index contributed by atoms with van der Waals surface area (Å²) in [5.74, 6) is -3.91. The minimum Gasteiger partial charge on any atom is -0.508 e. The topological polar surface area (TPSA) is 32.3 Å². The maximum absolute atomic E-state index is 13.5. The van der Waals surface area contributed by atoms with Gasteiger partial charge in [0.25, 0.3) is 0 Å². The van der Waals surface area contributed by atoms with Crippen LogP contribution in [0.3, 0.4) is 0 Å². The first-order chi connectivity index (χ1) is 8.99. The molecule has 0 fully saturated rings. The molecule has 0 aliphatic carbocycles. The van der Waals surface area contributed by atoms with Gasteiger partial charge in [0.05, 0.1) is 5.69 Å². The Morgan fingerprint density at radius 3 is 2.47 bits per heavy atom. The van der Waals surface area contributed by atoms with Crippen LogP contribution in [0.4, 0.5) is 18.9 Å². The average molecular weight is 267 g/mol. The van der Waals surface area contributed by atoms with E-state index in [1.54, 1.807) is 19.1 Å². The van der Waals surface area contributed by atoms with E-state index in [-0.39, 0.29) is 17.5 Å². The van der Waals surface area contributed by atoms with Crippen LogP contribution in [0, 0.1) is 17.5 Å². The van der Waals surface area contributed by atoms with Crippen LogP contribution in [-0.4, -0.2) is 5.11 Å². The molecule has 2 aromatic carbocycles. The van der Waals surface area contributed by atoms with E-state index in [1.807, 2.05) is 0 Å². The molecule has 0 aromatic heterocycles. The van der Waals surface area contributed by atoms with Crippen LogP contribution in [0.2, 0.25) is 0 Å². The fraction of sp³-hybridized carbons (Fsp3) is 0.143. The molecule has 0 heterocycles. The Morgan fingerprint density at radius 1 is 1.05 bits per heavy atom. The number of benzene rings is 2. The van der Waals surface area contributed by atoms with E-state index in [4.69, 9.17) is 0 Å². The van der Waals surface area contributed by atoms with Crippen LogP contribution < -0.4 is 5.32 Å². The van der Waals surface area contributed by atoms with Crippen molar-refractivity contribution in [3.8, 4) is 5.75 Å². The lowest BCUT2D eigenvalue weighted by atomic mass is 10.1. The lowest BCUT2D eigenvalue weighted by Crippen LogP contribution is -2.09. The molecule has 0 aliphatic rings. The minimum atomic E-state index is -1.51. The van der Waals surface area contributed by atoms with Crippen molar-refractivity contribution in [3.05, 3.63) is 59.4 Å². The first kappa shape index (κ1) is 13.3. The highest BCUT2D eigenvalue weighted by Crippen LogP contribution is 2.25. The van der Waals surface area contributed by atoms with Gasteiger partial charge in [-0.1, -0.05) is 12.1 Å². The van der Waals surface area contributed by atoms with Crippen LogP contribution in [0.1, 0.15) is 18.5 Å². The third-order valence-electron chi connectivity index (χ3n) is 2.78. The second kappa shape index (κ2) is 5.22. The van der Waals surface area contributed by atoms with Gasteiger partial charge in [0.15, 0.2) is 17.5 Å². The first-order valence-corrected chi connectivity index (χ1v) is 5.68. The molecule has 1 atom stereocenters. The maximum Gasteiger partial charge on any atom is 0.196 e. The molecule has 0 radical (unpaired) electrons. The summed E-state index contributed by atoms with van der Waals surface area (Å²) in [7, 11) is 0. The van der Waals surface area contributed by atoms with Gasteiger partial charge in [-0.15, -0.1) is 0 Å². The molecule has 0 bridgehead atoms. The molecule has 2 aromatic rings. The van der Waals surface area contributed by atoms with Crippen molar-refractivity contribution >= 4 is 5.69 Å². The normalized spacial score (nSPS) is 12.2. The van der Waals surface area contributed by atoms with Crippen LogP contribution in [0.5, 0.6) is 5.75 Å². The van der Waals surface area contributed by atoms with Gasteiger partial charge in [0.1, 0.15) is 5.75 Å². The van der Waals surface area contributed by atoms with E-state index in [0.29, 0.717) is 5.56 Å². The van der Waals surface area contributed by atoms with Crippen molar-refractivity contribution in [2.75, 3.05) is 5.32 Å². The standard InChI is InChI=1S/C14H12F3NO/c1-8(9-3-2-4-10(19)7-9)18-12-6-5-11(15)13(16)14(12)17/h2-8,18-19H,1H3. The average Bonchev–Trinajstić information content (AvgIpc) is 2.39. The summed E-state index contributed by atoms with van der Waals surface area (Å²) in [4.78, 5) is 0. The molecule has 1 unspecified atom stereocenters. The summed E-state index contributed by atoms with van der Waals surface area (Å²) in [5.41, 5.74) is 0.568. The van der Waals surface area contributed by atoms with E-state index in [1.165, 1.54) is 12.1 Å². The predicted molar refractivity (Wildman–Crippen MR) is 66.5 cm³/mol. The Bertz CT molecular complexity index is 601. The van der Waals surface area contributed by atoms with Crippen molar-refractivity contribution in [3.63, 3.8) is 0 Å². The Balaban J connectivity index is 2.24. The number of hydrogen-bond donors (Lipinski definition) is 2. The number of halogens is 3. The van der Waals surface area contributed by atoms with Crippen LogP contribution in [-0.2, 0) is 0 Å². The van der Waals surface area contributed by atoms with E-state index < -0.39 is 17.5 Å². The molecule has 19 heavy (non-hydrogen) atoms. The zero-order valence-electron chi connectivity index (χ0n) is 10.1. The second-order valence-electron chi connectivity index (χ2n) is 4.18. The monoisotopic (exact) mass is 267 g/mol. The zero-order chi connectivity index (χ0) is 14.0. The number of anilines is 1. The van der Waals surface area contributed by atoms with E-state index in [2.05, 4.69) is 5.32 Å². The molecule has 100 valence electrons. The smallest absolute Gasteiger partial charge is 0.196 e. The molecule has 2 nitrogen and oxygen atoms in total. The number of phenolic OH excluding ortho intramolecular Hbond substituents is 1. The highest BCUT2D eigenvalue weighted by atomic mass is 19.2. The summed E-state index contributed by atoms with van der Waals surface area (Å²) >= 11 is 0. The van der Waals surface area contributed by atoms with Gasteiger partial charge in [-0.25, -0.2) is 13.2 Å². The molecule has 2 rings (SSSR count). The van der Waals surface area contributed by atoms with E-state index >= 15 is 0 Å². The van der Waals surface area contributed by atoms with Gasteiger partial charge in [0, 0.05) is 6.04 Å². The van der Waals surface area contributed by atoms with Crippen molar-refractivity contribution < 1.29 is 18.3 Å². The van der Waals surface area contributed by atoms with E-state index in [9.17, 15) is 18.3 Å². The third-order valence-corrected chi connectivity index (χ3v) is 2.78. The number of hydrogen-bond acceptors (Lipinski definition) is 2. The summed E-state index contributed by atoms with van der Waals surface area (Å²) < 4.78 is 39.4. The summed E-state index contributed by atoms with van der Waals surface area (Å²) in [6.07, 6.45) is 0. The molecule has 2 N–H and O–H groups in total. The zero-order valence-corrected chi connectivity index (χ0v) is 10.1. The highest BCUT2D eigenvalue weighted by Gasteiger charge is 2.15. The molecule has 0 spiro atoms. The molecular formula is C14H12F3NO. The second-order valence-corrected chi connectivity index (χ2v) is 4.18. The lowest BCUT2D eigenvalue weighted by molar-refractivity contribution is 0.448. The summed E-state index contributed by atoms with van der Waals surface area (Å²) in [6, 6.07) is 8.01. The van der Waals surface area contributed by atoms with Gasteiger partial charge < -0.3 is 10.4 Å². The van der Waals surface area contributed by atoms with Gasteiger partial charge in [0.2, 0.25) is 0 Å². The Kier molecular flexibility index (Phi) is 3.64. The molecule has 0 amide bonds. The van der Waals surface area contributed by atoms with Gasteiger partial charge >= 0.3 is 0 Å². The van der Waals surface area contributed by atoms with Crippen molar-refractivity contribution in [2.24, 2.45) is 0 Å². The van der Waals surface area contributed by atoms with Crippen molar-refractivity contribution in [1.29, 1.82) is 0 Å². The number of phenols is 1. The van der Waals surface area contributed by atoms with Crippen molar-refractivity contribution in [1.82, 2.24) is 0 Å². The number of aromatic hydroxyl groups is 1. The SMILES string of the molecule is CC(Nc1ccc(F)c(F)c1F)c1cccc(O)c1. The molecular weight excluding hydrogens is 255 g/mol. The fourth-order valence-corrected chi connectivity index (χ4v) is 1.75. The fourth-order valence-electron chi connectivity index (χ4n) is 1.75. The summed E-state index contributed by atoms with van der Waals surface area (Å²) in [5, 5.41) is 12.1. The molecule has 0 saturated heterocycles. The largest absolute Gasteiger partial charge is 0.508 e. The van der Waals surface area contributed by atoms with Crippen LogP contribution in [0.25, 0.3) is 0 Å². The van der Waals surface area contributed by atoms with Gasteiger partial charge in [-0.2, -0.15) is 0 Å².